The number of hydrogen-bond donors (Lipinski definition) is 2. The van der Waals surface area contributed by atoms with Crippen molar-refractivity contribution in [3.8, 4) is 0 Å². The first-order valence-corrected chi connectivity index (χ1v) is 9.62. The summed E-state index contributed by atoms with van der Waals surface area (Å²) in [5.74, 6) is -1.35. The maximum Gasteiger partial charge on any atom is 0.335 e. The number of sulfone groups is 1. The SMILES string of the molecule is O=C(O)c1ccc(NS(=O)(=O)C2CCS(=O)(=O)CC2)cc1. The van der Waals surface area contributed by atoms with Crippen LogP contribution in [-0.4, -0.2) is 44.7 Å². The van der Waals surface area contributed by atoms with Gasteiger partial charge >= 0.3 is 5.97 Å². The third-order valence-electron chi connectivity index (χ3n) is 3.33. The molecule has 1 aliphatic heterocycles. The predicted molar refractivity (Wildman–Crippen MR) is 77.6 cm³/mol. The zero-order valence-corrected chi connectivity index (χ0v) is 12.7. The minimum atomic E-state index is -3.68. The largest absolute Gasteiger partial charge is 0.478 e. The molecule has 2 N–H and O–H groups in total. The first kappa shape index (κ1) is 15.8. The summed E-state index contributed by atoms with van der Waals surface area (Å²) < 4.78 is 49.3. The second kappa shape index (κ2) is 5.64. The van der Waals surface area contributed by atoms with Crippen LogP contribution in [-0.2, 0) is 19.9 Å². The van der Waals surface area contributed by atoms with Crippen molar-refractivity contribution in [2.45, 2.75) is 18.1 Å². The normalized spacial score (nSPS) is 19.0. The van der Waals surface area contributed by atoms with Gasteiger partial charge in [0.15, 0.2) is 0 Å². The summed E-state index contributed by atoms with van der Waals surface area (Å²) in [6.45, 7) is 0. The maximum absolute atomic E-state index is 12.2. The molecular formula is C12H15NO6S2. The van der Waals surface area contributed by atoms with Gasteiger partial charge in [0.25, 0.3) is 0 Å². The molecule has 0 atom stereocenters. The van der Waals surface area contributed by atoms with Crippen LogP contribution in [0.3, 0.4) is 0 Å². The topological polar surface area (TPSA) is 118 Å². The van der Waals surface area contributed by atoms with Crippen molar-refractivity contribution in [3.05, 3.63) is 29.8 Å². The fourth-order valence-electron chi connectivity index (χ4n) is 2.11. The van der Waals surface area contributed by atoms with Gasteiger partial charge in [-0.3, -0.25) is 4.72 Å². The lowest BCUT2D eigenvalue weighted by molar-refractivity contribution is 0.0697. The molecule has 7 nitrogen and oxygen atoms in total. The van der Waals surface area contributed by atoms with Crippen molar-refractivity contribution in [3.63, 3.8) is 0 Å². The molecule has 9 heteroatoms. The van der Waals surface area contributed by atoms with Crippen molar-refractivity contribution in [1.82, 2.24) is 0 Å². The number of aromatic carboxylic acids is 1. The van der Waals surface area contributed by atoms with Gasteiger partial charge in [-0.15, -0.1) is 0 Å². The Bertz CT molecular complexity index is 722. The van der Waals surface area contributed by atoms with Crippen LogP contribution in [0.5, 0.6) is 0 Å². The van der Waals surface area contributed by atoms with Crippen molar-refractivity contribution in [2.24, 2.45) is 0 Å². The molecule has 0 aromatic heterocycles. The quantitative estimate of drug-likeness (QED) is 0.837. The Morgan fingerprint density at radius 2 is 1.67 bits per heavy atom. The summed E-state index contributed by atoms with van der Waals surface area (Å²) in [5, 5.41) is 8.02. The predicted octanol–water partition coefficient (Wildman–Crippen LogP) is 0.704. The molecule has 1 fully saturated rings. The van der Waals surface area contributed by atoms with Crippen LogP contribution in [0, 0.1) is 0 Å². The van der Waals surface area contributed by atoms with Gasteiger partial charge in [-0.25, -0.2) is 21.6 Å². The maximum atomic E-state index is 12.2. The molecule has 21 heavy (non-hydrogen) atoms. The van der Waals surface area contributed by atoms with Crippen LogP contribution >= 0.6 is 0 Å². The lowest BCUT2D eigenvalue weighted by atomic mass is 10.2. The van der Waals surface area contributed by atoms with E-state index in [0.717, 1.165) is 0 Å². The van der Waals surface area contributed by atoms with Crippen LogP contribution in [0.2, 0.25) is 0 Å². The number of hydrogen-bond acceptors (Lipinski definition) is 5. The molecule has 1 aromatic carbocycles. The summed E-state index contributed by atoms with van der Waals surface area (Å²) in [6, 6.07) is 5.32. The molecule has 1 saturated heterocycles. The second-order valence-electron chi connectivity index (χ2n) is 4.88. The minimum Gasteiger partial charge on any atom is -0.478 e. The molecular weight excluding hydrogens is 318 g/mol. The molecule has 2 rings (SSSR count). The molecule has 0 amide bonds. The minimum absolute atomic E-state index is 0.0571. The lowest BCUT2D eigenvalue weighted by Crippen LogP contribution is -2.36. The summed E-state index contributed by atoms with van der Waals surface area (Å²) >= 11 is 0. The summed E-state index contributed by atoms with van der Waals surface area (Å²) in [7, 11) is -6.80. The van der Waals surface area contributed by atoms with Crippen molar-refractivity contribution in [2.75, 3.05) is 16.2 Å². The van der Waals surface area contributed by atoms with E-state index in [1.165, 1.54) is 24.3 Å². The van der Waals surface area contributed by atoms with Gasteiger partial charge in [0.1, 0.15) is 9.84 Å². The molecule has 0 radical (unpaired) electrons. The number of benzene rings is 1. The smallest absolute Gasteiger partial charge is 0.335 e. The van der Waals surface area contributed by atoms with E-state index in [9.17, 15) is 21.6 Å². The third-order valence-corrected chi connectivity index (χ3v) is 6.92. The highest BCUT2D eigenvalue weighted by molar-refractivity contribution is 7.94. The standard InChI is InChI=1S/C12H15NO6S2/c14-12(15)9-1-3-10(4-2-9)13-21(18,19)11-5-7-20(16,17)8-6-11/h1-4,11,13H,5-8H2,(H,14,15). The Hall–Kier alpha value is -1.61. The first-order chi connectivity index (χ1) is 9.70. The Morgan fingerprint density at radius 3 is 2.14 bits per heavy atom. The highest BCUT2D eigenvalue weighted by Crippen LogP contribution is 2.22. The van der Waals surface area contributed by atoms with Gasteiger partial charge < -0.3 is 5.11 Å². The third kappa shape index (κ3) is 3.94. The fraction of sp³-hybridized carbons (Fsp3) is 0.417. The summed E-state index contributed by atoms with van der Waals surface area (Å²) in [4.78, 5) is 10.7. The van der Waals surface area contributed by atoms with Gasteiger partial charge in [0.05, 0.1) is 22.3 Å². The molecule has 1 heterocycles. The molecule has 0 aliphatic carbocycles. The van der Waals surface area contributed by atoms with Gasteiger partial charge in [-0.2, -0.15) is 0 Å². The monoisotopic (exact) mass is 333 g/mol. The molecule has 0 spiro atoms. The van der Waals surface area contributed by atoms with Gasteiger partial charge in [-0.1, -0.05) is 0 Å². The van der Waals surface area contributed by atoms with Crippen LogP contribution in [0.15, 0.2) is 24.3 Å². The van der Waals surface area contributed by atoms with Gasteiger partial charge in [-0.05, 0) is 37.1 Å². The number of anilines is 1. The molecule has 116 valence electrons. The van der Waals surface area contributed by atoms with Crippen LogP contribution in [0.1, 0.15) is 23.2 Å². The molecule has 1 aliphatic rings. The lowest BCUT2D eigenvalue weighted by Gasteiger charge is -2.22. The Kier molecular flexibility index (Phi) is 4.24. The second-order valence-corrected chi connectivity index (χ2v) is 9.15. The highest BCUT2D eigenvalue weighted by atomic mass is 32.2. The average Bonchev–Trinajstić information content (AvgIpc) is 2.38. The Labute approximate surface area is 123 Å². The number of carbonyl (C=O) groups is 1. The van der Waals surface area contributed by atoms with Crippen LogP contribution < -0.4 is 4.72 Å². The zero-order chi connectivity index (χ0) is 15.7. The number of rotatable bonds is 4. The van der Waals surface area contributed by atoms with E-state index in [1.807, 2.05) is 0 Å². The van der Waals surface area contributed by atoms with Gasteiger partial charge in [0.2, 0.25) is 10.0 Å². The van der Waals surface area contributed by atoms with E-state index < -0.39 is 31.1 Å². The van der Waals surface area contributed by atoms with E-state index in [2.05, 4.69) is 4.72 Å². The van der Waals surface area contributed by atoms with E-state index in [4.69, 9.17) is 5.11 Å². The van der Waals surface area contributed by atoms with Crippen molar-refractivity contribution >= 4 is 31.5 Å². The Balaban J connectivity index is 2.09. The number of sulfonamides is 1. The van der Waals surface area contributed by atoms with E-state index in [0.29, 0.717) is 0 Å². The average molecular weight is 333 g/mol. The molecule has 1 aromatic rings. The fourth-order valence-corrected chi connectivity index (χ4v) is 5.38. The first-order valence-electron chi connectivity index (χ1n) is 6.25. The number of carboxylic acids is 1. The summed E-state index contributed by atoms with van der Waals surface area (Å²) in [6.07, 6.45) is 0.149. The van der Waals surface area contributed by atoms with Gasteiger partial charge in [0, 0.05) is 5.69 Å². The number of carboxylic acid groups (broad SMARTS) is 1. The van der Waals surface area contributed by atoms with E-state index in [-0.39, 0.29) is 35.6 Å². The summed E-state index contributed by atoms with van der Waals surface area (Å²) in [5.41, 5.74) is 0.315. The van der Waals surface area contributed by atoms with Crippen molar-refractivity contribution in [1.29, 1.82) is 0 Å². The molecule has 0 saturated carbocycles. The zero-order valence-electron chi connectivity index (χ0n) is 11.0. The van der Waals surface area contributed by atoms with E-state index >= 15 is 0 Å². The molecule has 0 bridgehead atoms. The molecule has 0 unspecified atom stereocenters. The van der Waals surface area contributed by atoms with Crippen molar-refractivity contribution < 1.29 is 26.7 Å². The highest BCUT2D eigenvalue weighted by Gasteiger charge is 2.32. The van der Waals surface area contributed by atoms with Crippen LogP contribution in [0.25, 0.3) is 0 Å². The van der Waals surface area contributed by atoms with E-state index in [1.54, 1.807) is 0 Å². The van der Waals surface area contributed by atoms with Crippen LogP contribution in [0.4, 0.5) is 5.69 Å². The Morgan fingerprint density at radius 1 is 1.14 bits per heavy atom. The number of nitrogens with one attached hydrogen (secondary N) is 1.